The predicted molar refractivity (Wildman–Crippen MR) is 84.1 cm³/mol. The number of hydrogen-bond donors (Lipinski definition) is 2. The van der Waals surface area contributed by atoms with Crippen LogP contribution in [-0.2, 0) is 4.79 Å². The van der Waals surface area contributed by atoms with E-state index in [0.717, 1.165) is 32.1 Å². The summed E-state index contributed by atoms with van der Waals surface area (Å²) in [6, 6.07) is 0. The van der Waals surface area contributed by atoms with E-state index in [1.54, 1.807) is 0 Å². The van der Waals surface area contributed by atoms with Crippen molar-refractivity contribution in [2.24, 2.45) is 28.6 Å². The van der Waals surface area contributed by atoms with Gasteiger partial charge in [-0.25, -0.2) is 0 Å². The van der Waals surface area contributed by atoms with Crippen molar-refractivity contribution in [3.05, 3.63) is 11.6 Å². The van der Waals surface area contributed by atoms with E-state index in [9.17, 15) is 15.0 Å². The Labute approximate surface area is 132 Å². The van der Waals surface area contributed by atoms with Gasteiger partial charge in [-0.15, -0.1) is 0 Å². The SMILES string of the molecule is C[C@]12CCC(O)C=C1CC[C@@H]1[C@H]2C(O)C[C@]2(C)C(=O)CC[C@@H]12. The molecule has 0 aromatic rings. The first-order chi connectivity index (χ1) is 10.4. The summed E-state index contributed by atoms with van der Waals surface area (Å²) >= 11 is 0. The van der Waals surface area contributed by atoms with Crippen molar-refractivity contribution in [1.29, 1.82) is 0 Å². The average molecular weight is 304 g/mol. The maximum absolute atomic E-state index is 12.4. The van der Waals surface area contributed by atoms with Crippen LogP contribution < -0.4 is 0 Å². The van der Waals surface area contributed by atoms with Crippen LogP contribution in [0.25, 0.3) is 0 Å². The van der Waals surface area contributed by atoms with E-state index < -0.39 is 0 Å². The molecule has 22 heavy (non-hydrogen) atoms. The Balaban J connectivity index is 1.74. The molecule has 7 atom stereocenters. The fourth-order valence-corrected chi connectivity index (χ4v) is 6.61. The molecular weight excluding hydrogens is 276 g/mol. The molecule has 3 nitrogen and oxygen atoms in total. The summed E-state index contributed by atoms with van der Waals surface area (Å²) in [6.07, 6.45) is 7.60. The van der Waals surface area contributed by atoms with Crippen molar-refractivity contribution >= 4 is 5.78 Å². The number of Topliss-reactive ketones (excluding diaryl/α,β-unsaturated/α-hetero) is 1. The maximum Gasteiger partial charge on any atom is 0.139 e. The maximum atomic E-state index is 12.4. The molecule has 2 N–H and O–H groups in total. The molecule has 4 aliphatic rings. The number of allylic oxidation sites excluding steroid dienone is 1. The average Bonchev–Trinajstić information content (AvgIpc) is 2.75. The fourth-order valence-electron chi connectivity index (χ4n) is 6.61. The molecule has 2 unspecified atom stereocenters. The van der Waals surface area contributed by atoms with Gasteiger partial charge >= 0.3 is 0 Å². The topological polar surface area (TPSA) is 57.5 Å². The van der Waals surface area contributed by atoms with Gasteiger partial charge in [-0.05, 0) is 61.7 Å². The second-order valence-electron chi connectivity index (χ2n) is 8.70. The molecule has 0 radical (unpaired) electrons. The standard InChI is InChI=1S/C19H28O3/c1-18-8-7-12(20)9-11(18)3-4-13-14-5-6-16(22)19(14,2)10-15(21)17(13)18/h9,12-15,17,20-21H,3-8,10H2,1-2H3/t12?,13-,14-,15?,17-,18-,19-/m0/s1. The highest BCUT2D eigenvalue weighted by Gasteiger charge is 2.61. The predicted octanol–water partition coefficient (Wildman–Crippen LogP) is 2.85. The number of aliphatic hydroxyl groups is 2. The molecule has 0 heterocycles. The van der Waals surface area contributed by atoms with Gasteiger partial charge in [0.15, 0.2) is 0 Å². The van der Waals surface area contributed by atoms with E-state index in [4.69, 9.17) is 0 Å². The lowest BCUT2D eigenvalue weighted by atomic mass is 9.46. The Morgan fingerprint density at radius 2 is 1.86 bits per heavy atom. The van der Waals surface area contributed by atoms with Crippen LogP contribution in [0.5, 0.6) is 0 Å². The van der Waals surface area contributed by atoms with Crippen LogP contribution in [0.3, 0.4) is 0 Å². The minimum absolute atomic E-state index is 0.0224. The summed E-state index contributed by atoms with van der Waals surface area (Å²) < 4.78 is 0. The zero-order valence-electron chi connectivity index (χ0n) is 13.7. The lowest BCUT2D eigenvalue weighted by Gasteiger charge is -2.59. The number of hydrogen-bond acceptors (Lipinski definition) is 3. The number of carbonyl (C=O) groups is 1. The molecule has 0 aromatic heterocycles. The lowest BCUT2D eigenvalue weighted by molar-refractivity contribution is -0.146. The van der Waals surface area contributed by atoms with Gasteiger partial charge in [0, 0.05) is 11.8 Å². The molecule has 3 saturated carbocycles. The quantitative estimate of drug-likeness (QED) is 0.677. The largest absolute Gasteiger partial charge is 0.393 e. The molecule has 0 aliphatic heterocycles. The third kappa shape index (κ3) is 1.78. The number of ketones is 1. The first-order valence-corrected chi connectivity index (χ1v) is 8.97. The van der Waals surface area contributed by atoms with E-state index in [1.165, 1.54) is 5.57 Å². The first kappa shape index (κ1) is 14.9. The molecule has 4 aliphatic carbocycles. The Hall–Kier alpha value is -0.670. The van der Waals surface area contributed by atoms with Crippen LogP contribution in [0.1, 0.15) is 58.8 Å². The summed E-state index contributed by atoms with van der Waals surface area (Å²) in [5.41, 5.74) is 1.10. The van der Waals surface area contributed by atoms with Gasteiger partial charge in [0.05, 0.1) is 12.2 Å². The van der Waals surface area contributed by atoms with Crippen molar-refractivity contribution in [3.8, 4) is 0 Å². The van der Waals surface area contributed by atoms with Gasteiger partial charge in [0.25, 0.3) is 0 Å². The Bertz CT molecular complexity index is 539. The first-order valence-electron chi connectivity index (χ1n) is 8.97. The van der Waals surface area contributed by atoms with Crippen molar-refractivity contribution in [3.63, 3.8) is 0 Å². The van der Waals surface area contributed by atoms with Gasteiger partial charge in [0.1, 0.15) is 5.78 Å². The highest BCUT2D eigenvalue weighted by Crippen LogP contribution is 2.64. The molecule has 122 valence electrons. The van der Waals surface area contributed by atoms with Crippen molar-refractivity contribution in [1.82, 2.24) is 0 Å². The summed E-state index contributed by atoms with van der Waals surface area (Å²) in [6.45, 7) is 4.40. The molecule has 3 fully saturated rings. The zero-order valence-corrected chi connectivity index (χ0v) is 13.7. The number of rotatable bonds is 0. The highest BCUT2D eigenvalue weighted by molar-refractivity contribution is 5.87. The van der Waals surface area contributed by atoms with Crippen LogP contribution in [0.2, 0.25) is 0 Å². The second-order valence-corrected chi connectivity index (χ2v) is 8.70. The molecule has 3 heteroatoms. The van der Waals surface area contributed by atoms with Crippen LogP contribution in [-0.4, -0.2) is 28.2 Å². The Morgan fingerprint density at radius 1 is 1.09 bits per heavy atom. The molecule has 0 bridgehead atoms. The van der Waals surface area contributed by atoms with Crippen molar-refractivity contribution in [2.75, 3.05) is 0 Å². The van der Waals surface area contributed by atoms with Crippen LogP contribution in [0.4, 0.5) is 0 Å². The number of fused-ring (bicyclic) bond motifs is 5. The molecule has 0 aromatic carbocycles. The molecule has 4 rings (SSSR count). The third-order valence-electron chi connectivity index (χ3n) is 7.73. The zero-order chi connectivity index (χ0) is 15.7. The Morgan fingerprint density at radius 3 is 2.64 bits per heavy atom. The molecular formula is C19H28O3. The molecule has 0 saturated heterocycles. The molecule has 0 amide bonds. The van der Waals surface area contributed by atoms with Gasteiger partial charge in [-0.2, -0.15) is 0 Å². The number of carbonyl (C=O) groups excluding carboxylic acids is 1. The minimum Gasteiger partial charge on any atom is -0.393 e. The lowest BCUT2D eigenvalue weighted by Crippen LogP contribution is -2.56. The minimum atomic E-state index is -0.378. The smallest absolute Gasteiger partial charge is 0.139 e. The second kappa shape index (κ2) is 4.67. The third-order valence-corrected chi connectivity index (χ3v) is 7.73. The summed E-state index contributed by atoms with van der Waals surface area (Å²) in [7, 11) is 0. The molecule has 0 spiro atoms. The van der Waals surface area contributed by atoms with Crippen molar-refractivity contribution < 1.29 is 15.0 Å². The van der Waals surface area contributed by atoms with Gasteiger partial charge < -0.3 is 10.2 Å². The summed E-state index contributed by atoms with van der Waals surface area (Å²) in [5.74, 6) is 1.57. The Kier molecular flexibility index (Phi) is 3.16. The van der Waals surface area contributed by atoms with E-state index in [2.05, 4.69) is 19.9 Å². The van der Waals surface area contributed by atoms with Gasteiger partial charge in [-0.1, -0.05) is 25.5 Å². The van der Waals surface area contributed by atoms with E-state index in [1.807, 2.05) is 0 Å². The van der Waals surface area contributed by atoms with Crippen LogP contribution in [0.15, 0.2) is 11.6 Å². The van der Waals surface area contributed by atoms with Crippen LogP contribution >= 0.6 is 0 Å². The van der Waals surface area contributed by atoms with E-state index >= 15 is 0 Å². The van der Waals surface area contributed by atoms with Gasteiger partial charge in [0.2, 0.25) is 0 Å². The van der Waals surface area contributed by atoms with Crippen molar-refractivity contribution in [2.45, 2.75) is 71.0 Å². The van der Waals surface area contributed by atoms with E-state index in [0.29, 0.717) is 30.5 Å². The number of aliphatic hydroxyl groups excluding tert-OH is 2. The normalized spacial score (nSPS) is 54.3. The summed E-state index contributed by atoms with van der Waals surface area (Å²) in [4.78, 5) is 12.4. The van der Waals surface area contributed by atoms with E-state index in [-0.39, 0.29) is 29.0 Å². The fraction of sp³-hybridized carbons (Fsp3) is 0.842. The monoisotopic (exact) mass is 304 g/mol. The summed E-state index contributed by atoms with van der Waals surface area (Å²) in [5, 5.41) is 20.9. The highest BCUT2D eigenvalue weighted by atomic mass is 16.3. The van der Waals surface area contributed by atoms with Gasteiger partial charge in [-0.3, -0.25) is 4.79 Å². The van der Waals surface area contributed by atoms with Crippen LogP contribution in [0, 0.1) is 28.6 Å².